The number of halogens is 1. The van der Waals surface area contributed by atoms with Crippen LogP contribution in [0.5, 0.6) is 5.75 Å². The van der Waals surface area contributed by atoms with E-state index in [4.69, 9.17) is 9.47 Å². The molecule has 16 heavy (non-hydrogen) atoms. The molecule has 1 rings (SSSR count). The zero-order valence-corrected chi connectivity index (χ0v) is 9.74. The summed E-state index contributed by atoms with van der Waals surface area (Å²) in [7, 11) is 2.94. The number of aliphatic hydroxyl groups excluding tert-OH is 1. The lowest BCUT2D eigenvalue weighted by atomic mass is 9.97. The molecule has 0 saturated heterocycles. The molecule has 0 fully saturated rings. The first kappa shape index (κ1) is 12.9. The van der Waals surface area contributed by atoms with E-state index in [0.717, 1.165) is 0 Å². The molecule has 2 atom stereocenters. The third-order valence-electron chi connectivity index (χ3n) is 2.50. The van der Waals surface area contributed by atoms with Crippen LogP contribution in [0.4, 0.5) is 4.39 Å². The number of methoxy groups -OCH3 is 2. The summed E-state index contributed by atoms with van der Waals surface area (Å²) in [5.41, 5.74) is 0.240. The van der Waals surface area contributed by atoms with Crippen LogP contribution in [0.15, 0.2) is 18.2 Å². The summed E-state index contributed by atoms with van der Waals surface area (Å²) in [6.07, 6.45) is -0.893. The molecule has 2 unspecified atom stereocenters. The van der Waals surface area contributed by atoms with Gasteiger partial charge in [0.05, 0.1) is 19.8 Å². The maximum Gasteiger partial charge on any atom is 0.170 e. The first-order chi connectivity index (χ1) is 7.61. The Bertz CT molecular complexity index is 341. The summed E-state index contributed by atoms with van der Waals surface area (Å²) in [6, 6.07) is 4.72. The first-order valence-corrected chi connectivity index (χ1v) is 5.11. The topological polar surface area (TPSA) is 38.7 Å². The minimum Gasteiger partial charge on any atom is -0.494 e. The van der Waals surface area contributed by atoms with E-state index in [1.54, 1.807) is 26.2 Å². The highest BCUT2D eigenvalue weighted by atomic mass is 19.1. The fourth-order valence-electron chi connectivity index (χ4n) is 1.57. The summed E-state index contributed by atoms with van der Waals surface area (Å²) < 4.78 is 23.6. The van der Waals surface area contributed by atoms with Crippen LogP contribution in [0.2, 0.25) is 0 Å². The molecule has 90 valence electrons. The second kappa shape index (κ2) is 5.82. The second-order valence-electron chi connectivity index (χ2n) is 3.74. The van der Waals surface area contributed by atoms with Crippen LogP contribution in [0.1, 0.15) is 18.6 Å². The Morgan fingerprint density at radius 1 is 1.38 bits per heavy atom. The molecular formula is C12H17FO3. The van der Waals surface area contributed by atoms with E-state index in [1.165, 1.54) is 13.2 Å². The van der Waals surface area contributed by atoms with Gasteiger partial charge in [0.15, 0.2) is 11.6 Å². The fourth-order valence-corrected chi connectivity index (χ4v) is 1.57. The highest BCUT2D eigenvalue weighted by Gasteiger charge is 2.21. The molecule has 0 bridgehead atoms. The normalized spacial score (nSPS) is 14.6. The quantitative estimate of drug-likeness (QED) is 0.839. The molecule has 0 aliphatic heterocycles. The number of hydrogen-bond donors (Lipinski definition) is 1. The summed E-state index contributed by atoms with van der Waals surface area (Å²) in [6.45, 7) is 2.17. The summed E-state index contributed by atoms with van der Waals surface area (Å²) >= 11 is 0. The van der Waals surface area contributed by atoms with E-state index in [-0.39, 0.29) is 17.2 Å². The minimum absolute atomic E-state index is 0.140. The summed E-state index contributed by atoms with van der Waals surface area (Å²) in [5, 5.41) is 9.95. The van der Waals surface area contributed by atoms with Crippen molar-refractivity contribution in [2.75, 3.05) is 20.8 Å². The number of aliphatic hydroxyl groups is 1. The van der Waals surface area contributed by atoms with E-state index in [2.05, 4.69) is 0 Å². The molecule has 1 aromatic rings. The second-order valence-corrected chi connectivity index (χ2v) is 3.74. The van der Waals surface area contributed by atoms with Crippen molar-refractivity contribution in [2.45, 2.75) is 13.0 Å². The zero-order valence-electron chi connectivity index (χ0n) is 9.74. The number of hydrogen-bond acceptors (Lipinski definition) is 3. The summed E-state index contributed by atoms with van der Waals surface area (Å²) in [5.74, 6) is -0.548. The van der Waals surface area contributed by atoms with Crippen molar-refractivity contribution in [1.82, 2.24) is 0 Å². The zero-order chi connectivity index (χ0) is 12.1. The molecule has 3 nitrogen and oxygen atoms in total. The standard InChI is InChI=1S/C12H17FO3/c1-8(7-15-2)12(14)9-5-4-6-10(16-3)11(9)13/h4-6,8,12,14H,7H2,1-3H3. The minimum atomic E-state index is -0.893. The number of rotatable bonds is 5. The van der Waals surface area contributed by atoms with Gasteiger partial charge in [-0.25, -0.2) is 4.39 Å². The van der Waals surface area contributed by atoms with Crippen LogP contribution < -0.4 is 4.74 Å². The van der Waals surface area contributed by atoms with E-state index in [0.29, 0.717) is 6.61 Å². The molecule has 0 radical (unpaired) electrons. The first-order valence-electron chi connectivity index (χ1n) is 5.11. The Hall–Kier alpha value is -1.13. The lowest BCUT2D eigenvalue weighted by Crippen LogP contribution is -2.16. The van der Waals surface area contributed by atoms with Crippen molar-refractivity contribution in [3.05, 3.63) is 29.6 Å². The van der Waals surface area contributed by atoms with Crippen molar-refractivity contribution in [2.24, 2.45) is 5.92 Å². The SMILES string of the molecule is COCC(C)C(O)c1cccc(OC)c1F. The number of benzene rings is 1. The lowest BCUT2D eigenvalue weighted by Gasteiger charge is -2.19. The van der Waals surface area contributed by atoms with E-state index >= 15 is 0 Å². The molecule has 0 heterocycles. The third-order valence-corrected chi connectivity index (χ3v) is 2.50. The van der Waals surface area contributed by atoms with E-state index < -0.39 is 11.9 Å². The van der Waals surface area contributed by atoms with E-state index in [1.807, 2.05) is 0 Å². The molecular weight excluding hydrogens is 211 g/mol. The fraction of sp³-hybridized carbons (Fsp3) is 0.500. The average Bonchev–Trinajstić information content (AvgIpc) is 2.29. The van der Waals surface area contributed by atoms with Crippen LogP contribution in [0.3, 0.4) is 0 Å². The third kappa shape index (κ3) is 2.71. The van der Waals surface area contributed by atoms with Gasteiger partial charge in [0, 0.05) is 18.6 Å². The molecule has 0 aromatic heterocycles. The molecule has 0 aliphatic rings. The van der Waals surface area contributed by atoms with Gasteiger partial charge in [-0.1, -0.05) is 19.1 Å². The van der Waals surface area contributed by atoms with Crippen LogP contribution in [-0.2, 0) is 4.74 Å². The van der Waals surface area contributed by atoms with Crippen molar-refractivity contribution < 1.29 is 19.0 Å². The Morgan fingerprint density at radius 3 is 2.62 bits per heavy atom. The van der Waals surface area contributed by atoms with Crippen LogP contribution in [0.25, 0.3) is 0 Å². The van der Waals surface area contributed by atoms with Gasteiger partial charge in [-0.3, -0.25) is 0 Å². The van der Waals surface area contributed by atoms with Gasteiger partial charge in [-0.05, 0) is 6.07 Å². The predicted octanol–water partition coefficient (Wildman–Crippen LogP) is 2.15. The predicted molar refractivity (Wildman–Crippen MR) is 59.0 cm³/mol. The average molecular weight is 228 g/mol. The Balaban J connectivity index is 2.94. The highest BCUT2D eigenvalue weighted by Crippen LogP contribution is 2.29. The smallest absolute Gasteiger partial charge is 0.170 e. The van der Waals surface area contributed by atoms with Gasteiger partial charge in [0.2, 0.25) is 0 Å². The van der Waals surface area contributed by atoms with Gasteiger partial charge in [-0.2, -0.15) is 0 Å². The van der Waals surface area contributed by atoms with Crippen molar-refractivity contribution >= 4 is 0 Å². The van der Waals surface area contributed by atoms with Crippen molar-refractivity contribution in [1.29, 1.82) is 0 Å². The monoisotopic (exact) mass is 228 g/mol. The molecule has 0 aliphatic carbocycles. The van der Waals surface area contributed by atoms with Gasteiger partial charge in [0.25, 0.3) is 0 Å². The lowest BCUT2D eigenvalue weighted by molar-refractivity contribution is 0.0542. The van der Waals surface area contributed by atoms with Gasteiger partial charge < -0.3 is 14.6 Å². The highest BCUT2D eigenvalue weighted by molar-refractivity contribution is 5.32. The van der Waals surface area contributed by atoms with Crippen LogP contribution in [0, 0.1) is 11.7 Å². The van der Waals surface area contributed by atoms with Gasteiger partial charge >= 0.3 is 0 Å². The van der Waals surface area contributed by atoms with Gasteiger partial charge in [-0.15, -0.1) is 0 Å². The molecule has 4 heteroatoms. The Kier molecular flexibility index (Phi) is 4.71. The Morgan fingerprint density at radius 2 is 2.06 bits per heavy atom. The van der Waals surface area contributed by atoms with E-state index in [9.17, 15) is 9.50 Å². The maximum absolute atomic E-state index is 13.8. The molecule has 1 aromatic carbocycles. The van der Waals surface area contributed by atoms with Crippen molar-refractivity contribution in [3.8, 4) is 5.75 Å². The van der Waals surface area contributed by atoms with Gasteiger partial charge in [0.1, 0.15) is 0 Å². The Labute approximate surface area is 94.8 Å². The summed E-state index contributed by atoms with van der Waals surface area (Å²) in [4.78, 5) is 0. The molecule has 0 amide bonds. The largest absolute Gasteiger partial charge is 0.494 e. The maximum atomic E-state index is 13.8. The molecule has 0 spiro atoms. The number of ether oxygens (including phenoxy) is 2. The molecule has 0 saturated carbocycles. The van der Waals surface area contributed by atoms with Crippen LogP contribution in [-0.4, -0.2) is 25.9 Å². The van der Waals surface area contributed by atoms with Crippen molar-refractivity contribution in [3.63, 3.8) is 0 Å². The van der Waals surface area contributed by atoms with Crippen LogP contribution >= 0.6 is 0 Å². The molecule has 1 N–H and O–H groups in total.